The number of hydrogen-bond donors (Lipinski definition) is 0. The van der Waals surface area contributed by atoms with Gasteiger partial charge >= 0.3 is 0 Å². The molecule has 0 fully saturated rings. The minimum absolute atomic E-state index is 0.110. The van der Waals surface area contributed by atoms with Crippen molar-refractivity contribution in [2.75, 3.05) is 0 Å². The monoisotopic (exact) mass is 254 g/mol. The van der Waals surface area contributed by atoms with Crippen LogP contribution in [0.5, 0.6) is 5.75 Å². The maximum absolute atomic E-state index is 12.2. The number of para-hydroxylation sites is 1. The van der Waals surface area contributed by atoms with E-state index in [0.29, 0.717) is 16.2 Å². The van der Waals surface area contributed by atoms with E-state index in [1.165, 1.54) is 0 Å². The zero-order chi connectivity index (χ0) is 12.5. The first-order valence-corrected chi connectivity index (χ1v) is 6.07. The zero-order valence-electron chi connectivity index (χ0n) is 9.50. The molecule has 1 aliphatic rings. The number of benzene rings is 2. The molecule has 0 aliphatic carbocycles. The molecule has 18 heavy (non-hydrogen) atoms. The molecule has 1 atom stereocenters. The van der Waals surface area contributed by atoms with Gasteiger partial charge in [0.05, 0.1) is 5.56 Å². The topological polar surface area (TPSA) is 26.3 Å². The Morgan fingerprint density at radius 2 is 1.61 bits per heavy atom. The van der Waals surface area contributed by atoms with Crippen LogP contribution in [0.3, 0.4) is 0 Å². The fourth-order valence-corrected chi connectivity index (χ4v) is 2.33. The van der Waals surface area contributed by atoms with E-state index in [0.717, 1.165) is 5.56 Å². The molecule has 0 bridgehead atoms. The minimum Gasteiger partial charge on any atom is -0.479 e. The Morgan fingerprint density at radius 3 is 2.39 bits per heavy atom. The third-order valence-electron chi connectivity index (χ3n) is 2.94. The molecule has 0 N–H and O–H groups in total. The molecule has 88 valence electrons. The second kappa shape index (κ2) is 4.35. The van der Waals surface area contributed by atoms with Gasteiger partial charge in [-0.1, -0.05) is 54.7 Å². The number of fused-ring (bicyclic) bond motifs is 1. The van der Waals surface area contributed by atoms with Gasteiger partial charge in [0.2, 0.25) is 5.78 Å². The molecular weight excluding hydrogens is 244 g/mol. The summed E-state index contributed by atoms with van der Waals surface area (Å²) in [5, 5.41) is 0. The highest BCUT2D eigenvalue weighted by atomic mass is 32.1. The van der Waals surface area contributed by atoms with Gasteiger partial charge in [-0.3, -0.25) is 4.79 Å². The molecular formula is C15H10O2S. The van der Waals surface area contributed by atoms with Crippen LogP contribution < -0.4 is 4.74 Å². The molecule has 1 aliphatic heterocycles. The summed E-state index contributed by atoms with van der Waals surface area (Å²) >= 11 is 5.23. The Bertz CT molecular complexity index is 619. The van der Waals surface area contributed by atoms with E-state index >= 15 is 0 Å². The predicted molar refractivity (Wildman–Crippen MR) is 73.2 cm³/mol. The lowest BCUT2D eigenvalue weighted by Crippen LogP contribution is -2.30. The summed E-state index contributed by atoms with van der Waals surface area (Å²) in [6.07, 6.45) is -0.455. The van der Waals surface area contributed by atoms with Crippen molar-refractivity contribution in [3.8, 4) is 5.75 Å². The van der Waals surface area contributed by atoms with Gasteiger partial charge in [0.25, 0.3) is 0 Å². The molecule has 2 aromatic carbocycles. The van der Waals surface area contributed by atoms with Crippen molar-refractivity contribution in [2.24, 2.45) is 0 Å². The van der Waals surface area contributed by atoms with Crippen molar-refractivity contribution >= 4 is 22.9 Å². The van der Waals surface area contributed by atoms with Gasteiger partial charge in [-0.2, -0.15) is 0 Å². The molecule has 1 heterocycles. The number of hydrogen-bond acceptors (Lipinski definition) is 3. The Morgan fingerprint density at radius 1 is 0.944 bits per heavy atom. The minimum atomic E-state index is -0.455. The summed E-state index contributed by atoms with van der Waals surface area (Å²) in [7, 11) is 0. The number of ether oxygens (including phenoxy) is 1. The lowest BCUT2D eigenvalue weighted by atomic mass is 9.96. The summed E-state index contributed by atoms with van der Waals surface area (Å²) < 4.78 is 5.84. The van der Waals surface area contributed by atoms with Crippen LogP contribution in [0.2, 0.25) is 0 Å². The van der Waals surface area contributed by atoms with Gasteiger partial charge in [-0.05, 0) is 17.7 Å². The maximum Gasteiger partial charge on any atom is 0.207 e. The van der Waals surface area contributed by atoms with Crippen LogP contribution in [-0.2, 0) is 0 Å². The second-order valence-corrected chi connectivity index (χ2v) is 4.54. The maximum atomic E-state index is 12.2. The smallest absolute Gasteiger partial charge is 0.207 e. The predicted octanol–water partition coefficient (Wildman–Crippen LogP) is 3.37. The number of thiocarbonyl (C=S) groups is 1. The third kappa shape index (κ3) is 1.73. The Kier molecular flexibility index (Phi) is 2.68. The van der Waals surface area contributed by atoms with Crippen molar-refractivity contribution in [3.63, 3.8) is 0 Å². The molecule has 0 spiro atoms. The quantitative estimate of drug-likeness (QED) is 0.730. The number of Topliss-reactive ketones (excluding diaryl/α,β-unsaturated/α-hetero) is 1. The highest BCUT2D eigenvalue weighted by Crippen LogP contribution is 2.33. The van der Waals surface area contributed by atoms with E-state index in [1.54, 1.807) is 12.1 Å². The van der Waals surface area contributed by atoms with Crippen LogP contribution in [0.25, 0.3) is 0 Å². The van der Waals surface area contributed by atoms with Crippen LogP contribution >= 0.6 is 12.2 Å². The van der Waals surface area contributed by atoms with E-state index in [4.69, 9.17) is 17.0 Å². The first-order valence-electron chi connectivity index (χ1n) is 5.66. The largest absolute Gasteiger partial charge is 0.479 e. The first-order chi connectivity index (χ1) is 8.77. The van der Waals surface area contributed by atoms with Crippen molar-refractivity contribution in [3.05, 3.63) is 65.7 Å². The van der Waals surface area contributed by atoms with E-state index in [-0.39, 0.29) is 5.78 Å². The normalized spacial score (nSPS) is 18.1. The van der Waals surface area contributed by atoms with E-state index in [1.807, 2.05) is 42.5 Å². The number of rotatable bonds is 1. The van der Waals surface area contributed by atoms with E-state index in [9.17, 15) is 4.79 Å². The Balaban J connectivity index is 2.07. The summed E-state index contributed by atoms with van der Waals surface area (Å²) in [6, 6.07) is 16.8. The van der Waals surface area contributed by atoms with Crippen molar-refractivity contribution in [2.45, 2.75) is 6.10 Å². The molecule has 0 saturated heterocycles. The van der Waals surface area contributed by atoms with Gasteiger partial charge in [0.1, 0.15) is 10.6 Å². The number of carbonyl (C=O) groups is 1. The lowest BCUT2D eigenvalue weighted by molar-refractivity contribution is 0.103. The average molecular weight is 254 g/mol. The third-order valence-corrected chi connectivity index (χ3v) is 3.34. The van der Waals surface area contributed by atoms with Gasteiger partial charge in [-0.25, -0.2) is 0 Å². The molecule has 0 aromatic heterocycles. The van der Waals surface area contributed by atoms with Crippen LogP contribution in [-0.4, -0.2) is 10.6 Å². The molecule has 2 nitrogen and oxygen atoms in total. The van der Waals surface area contributed by atoms with Gasteiger partial charge < -0.3 is 4.74 Å². The summed E-state index contributed by atoms with van der Waals surface area (Å²) in [4.78, 5) is 12.5. The van der Waals surface area contributed by atoms with Gasteiger partial charge in [-0.15, -0.1) is 0 Å². The zero-order valence-corrected chi connectivity index (χ0v) is 10.3. The van der Waals surface area contributed by atoms with Gasteiger partial charge in [0, 0.05) is 0 Å². The molecule has 0 saturated carbocycles. The number of ketones is 1. The fraction of sp³-hybridized carbons (Fsp3) is 0.0667. The first kappa shape index (κ1) is 11.1. The number of carbonyl (C=O) groups excluding carboxylic acids is 1. The van der Waals surface area contributed by atoms with Crippen LogP contribution in [0.1, 0.15) is 22.0 Å². The second-order valence-electron chi connectivity index (χ2n) is 4.10. The van der Waals surface area contributed by atoms with Crippen molar-refractivity contribution < 1.29 is 9.53 Å². The molecule has 0 radical (unpaired) electrons. The van der Waals surface area contributed by atoms with Gasteiger partial charge in [0.15, 0.2) is 6.10 Å². The molecule has 3 heteroatoms. The molecule has 3 rings (SSSR count). The molecule has 0 amide bonds. The van der Waals surface area contributed by atoms with Crippen LogP contribution in [0.15, 0.2) is 54.6 Å². The lowest BCUT2D eigenvalue weighted by Gasteiger charge is -2.26. The fourth-order valence-electron chi connectivity index (χ4n) is 2.04. The SMILES string of the molecule is O=C1C(=S)C(c2ccccc2)Oc2ccccc21. The molecule has 2 aromatic rings. The van der Waals surface area contributed by atoms with Crippen molar-refractivity contribution in [1.29, 1.82) is 0 Å². The Labute approximate surface area is 110 Å². The average Bonchev–Trinajstić information content (AvgIpc) is 2.44. The van der Waals surface area contributed by atoms with E-state index in [2.05, 4.69) is 0 Å². The van der Waals surface area contributed by atoms with Crippen LogP contribution in [0.4, 0.5) is 0 Å². The highest BCUT2D eigenvalue weighted by Gasteiger charge is 2.32. The standard InChI is InChI=1S/C15H10O2S/c16-13-11-8-4-5-9-12(11)17-14(15(13)18)10-6-2-1-3-7-10/h1-9,14H. The summed E-state index contributed by atoms with van der Waals surface area (Å²) in [5.74, 6) is 0.491. The highest BCUT2D eigenvalue weighted by molar-refractivity contribution is 7.82. The van der Waals surface area contributed by atoms with E-state index < -0.39 is 6.10 Å². The molecule has 1 unspecified atom stereocenters. The van der Waals surface area contributed by atoms with Crippen LogP contribution in [0, 0.1) is 0 Å². The summed E-state index contributed by atoms with van der Waals surface area (Å²) in [6.45, 7) is 0. The van der Waals surface area contributed by atoms with Crippen molar-refractivity contribution in [1.82, 2.24) is 0 Å². The Hall–Kier alpha value is -2.00. The summed E-state index contributed by atoms with van der Waals surface area (Å²) in [5.41, 5.74) is 1.46.